The fourth-order valence-electron chi connectivity index (χ4n) is 3.03. The Hall–Kier alpha value is -2.70. The number of hydrogen-bond acceptors (Lipinski definition) is 4. The first-order chi connectivity index (χ1) is 13.6. The maximum absolute atomic E-state index is 12.5. The van der Waals surface area contributed by atoms with Gasteiger partial charge < -0.3 is 10.3 Å². The van der Waals surface area contributed by atoms with E-state index in [-0.39, 0.29) is 23.1 Å². The van der Waals surface area contributed by atoms with Gasteiger partial charge >= 0.3 is 0 Å². The average molecular weight is 396 g/mol. The molecule has 0 radical (unpaired) electrons. The Morgan fingerprint density at radius 1 is 1.11 bits per heavy atom. The average Bonchev–Trinajstić information content (AvgIpc) is 3.23. The third-order valence-corrected chi connectivity index (χ3v) is 5.68. The fraction of sp³-hybridized carbons (Fsp3) is 0.273. The Morgan fingerprint density at radius 2 is 1.89 bits per heavy atom. The summed E-state index contributed by atoms with van der Waals surface area (Å²) >= 11 is 1.58. The molecule has 146 valence electrons. The number of thiophene rings is 1. The molecule has 5 nitrogen and oxygen atoms in total. The monoisotopic (exact) mass is 395 g/mol. The van der Waals surface area contributed by atoms with E-state index in [1.54, 1.807) is 17.4 Å². The van der Waals surface area contributed by atoms with Crippen LogP contribution >= 0.6 is 11.3 Å². The lowest BCUT2D eigenvalue weighted by Crippen LogP contribution is -2.32. The minimum absolute atomic E-state index is 0.131. The van der Waals surface area contributed by atoms with Crippen LogP contribution in [0.2, 0.25) is 0 Å². The van der Waals surface area contributed by atoms with Crippen LogP contribution in [0, 0.1) is 0 Å². The van der Waals surface area contributed by atoms with E-state index in [4.69, 9.17) is 0 Å². The molecule has 0 aliphatic rings. The molecule has 2 N–H and O–H groups in total. The highest BCUT2D eigenvalue weighted by Gasteiger charge is 2.16. The van der Waals surface area contributed by atoms with Crippen molar-refractivity contribution in [3.8, 4) is 0 Å². The number of amides is 1. The zero-order chi connectivity index (χ0) is 19.9. The van der Waals surface area contributed by atoms with Gasteiger partial charge in [-0.05, 0) is 42.6 Å². The molecule has 1 amide bonds. The van der Waals surface area contributed by atoms with Crippen molar-refractivity contribution in [2.45, 2.75) is 33.0 Å². The van der Waals surface area contributed by atoms with E-state index in [0.29, 0.717) is 6.54 Å². The normalized spacial score (nSPS) is 12.1. The quantitative estimate of drug-likeness (QED) is 0.607. The summed E-state index contributed by atoms with van der Waals surface area (Å²) in [6.07, 6.45) is 0. The highest BCUT2D eigenvalue weighted by atomic mass is 32.1. The third kappa shape index (κ3) is 5.18. The minimum atomic E-state index is -0.357. The molecule has 0 spiro atoms. The molecule has 0 saturated carbocycles. The van der Waals surface area contributed by atoms with Crippen LogP contribution in [0.15, 0.2) is 64.8 Å². The number of hydrogen-bond donors (Lipinski definition) is 2. The van der Waals surface area contributed by atoms with Gasteiger partial charge in [-0.25, -0.2) is 0 Å². The summed E-state index contributed by atoms with van der Waals surface area (Å²) < 4.78 is 0. The molecule has 1 atom stereocenters. The number of rotatable bonds is 8. The molecule has 1 aromatic carbocycles. The van der Waals surface area contributed by atoms with Crippen molar-refractivity contribution in [3.05, 3.63) is 92.0 Å². The van der Waals surface area contributed by atoms with Gasteiger partial charge in [-0.3, -0.25) is 14.5 Å². The van der Waals surface area contributed by atoms with Crippen molar-refractivity contribution >= 4 is 17.2 Å². The summed E-state index contributed by atoms with van der Waals surface area (Å²) in [6.45, 7) is 6.29. The Morgan fingerprint density at radius 3 is 2.54 bits per heavy atom. The molecule has 3 aromatic rings. The molecule has 0 fully saturated rings. The lowest BCUT2D eigenvalue weighted by atomic mass is 10.2. The molecule has 0 unspecified atom stereocenters. The molecule has 0 bridgehead atoms. The Kier molecular flexibility index (Phi) is 6.79. The summed E-state index contributed by atoms with van der Waals surface area (Å²) in [5, 5.41) is 4.85. The zero-order valence-electron chi connectivity index (χ0n) is 16.1. The van der Waals surface area contributed by atoms with Crippen LogP contribution in [0.5, 0.6) is 0 Å². The van der Waals surface area contributed by atoms with Crippen LogP contribution in [-0.4, -0.2) is 22.3 Å². The molecule has 0 aliphatic heterocycles. The van der Waals surface area contributed by atoms with Gasteiger partial charge in [0, 0.05) is 23.7 Å². The molecule has 6 heteroatoms. The third-order valence-electron chi connectivity index (χ3n) is 4.62. The van der Waals surface area contributed by atoms with Crippen LogP contribution in [-0.2, 0) is 13.1 Å². The number of pyridine rings is 1. The molecule has 28 heavy (non-hydrogen) atoms. The SMILES string of the molecule is CCN(Cc1ccccc1)Cc1ccc(C(=O)N[C@H](C)c2cccs2)c(=O)[nH]1. The van der Waals surface area contributed by atoms with Crippen LogP contribution in [0.1, 0.15) is 46.4 Å². The topological polar surface area (TPSA) is 65.2 Å². The molecule has 3 rings (SSSR count). The second-order valence-electron chi connectivity index (χ2n) is 6.73. The van der Waals surface area contributed by atoms with Crippen LogP contribution < -0.4 is 10.9 Å². The first-order valence-electron chi connectivity index (χ1n) is 9.39. The maximum Gasteiger partial charge on any atom is 0.261 e. The van der Waals surface area contributed by atoms with Gasteiger partial charge in [-0.1, -0.05) is 43.3 Å². The summed E-state index contributed by atoms with van der Waals surface area (Å²) in [4.78, 5) is 31.1. The second-order valence-corrected chi connectivity index (χ2v) is 7.71. The van der Waals surface area contributed by atoms with Gasteiger partial charge in [0.05, 0.1) is 6.04 Å². The number of aromatic amines is 1. The summed E-state index contributed by atoms with van der Waals surface area (Å²) in [5.41, 5.74) is 1.80. The molecule has 0 aliphatic carbocycles. The highest BCUT2D eigenvalue weighted by Crippen LogP contribution is 2.18. The van der Waals surface area contributed by atoms with Crippen LogP contribution in [0.3, 0.4) is 0 Å². The Labute approximate surface area is 169 Å². The zero-order valence-corrected chi connectivity index (χ0v) is 17.0. The summed E-state index contributed by atoms with van der Waals surface area (Å²) in [7, 11) is 0. The molecule has 2 heterocycles. The van der Waals surface area contributed by atoms with Gasteiger partial charge in [0.25, 0.3) is 11.5 Å². The van der Waals surface area contributed by atoms with Gasteiger partial charge in [0.1, 0.15) is 5.56 Å². The lowest BCUT2D eigenvalue weighted by molar-refractivity contribution is 0.0939. The van der Waals surface area contributed by atoms with Crippen LogP contribution in [0.4, 0.5) is 0 Å². The Balaban J connectivity index is 1.66. The molecule has 2 aromatic heterocycles. The van der Waals surface area contributed by atoms with Gasteiger partial charge in [-0.2, -0.15) is 0 Å². The van der Waals surface area contributed by atoms with Crippen LogP contribution in [0.25, 0.3) is 0 Å². The van der Waals surface area contributed by atoms with E-state index in [1.165, 1.54) is 5.56 Å². The van der Waals surface area contributed by atoms with Crippen molar-refractivity contribution in [1.82, 2.24) is 15.2 Å². The number of H-pyrrole nitrogens is 1. The van der Waals surface area contributed by atoms with Gasteiger partial charge in [0.15, 0.2) is 0 Å². The fourth-order valence-corrected chi connectivity index (χ4v) is 3.77. The number of carbonyl (C=O) groups is 1. The predicted molar refractivity (Wildman–Crippen MR) is 113 cm³/mol. The van der Waals surface area contributed by atoms with Crippen molar-refractivity contribution in [3.63, 3.8) is 0 Å². The van der Waals surface area contributed by atoms with Crippen molar-refractivity contribution in [1.29, 1.82) is 0 Å². The number of nitrogens with one attached hydrogen (secondary N) is 2. The predicted octanol–water partition coefficient (Wildman–Crippen LogP) is 3.95. The molecular formula is C22H25N3O2S. The largest absolute Gasteiger partial charge is 0.345 e. The standard InChI is InChI=1S/C22H25N3O2S/c1-3-25(14-17-8-5-4-6-9-17)15-18-11-12-19(22(27)24-18)21(26)23-16(2)20-10-7-13-28-20/h4-13,16H,3,14-15H2,1-2H3,(H,23,26)(H,24,27)/t16-/m1/s1. The van der Waals surface area contributed by atoms with Crippen molar-refractivity contribution in [2.75, 3.05) is 6.54 Å². The number of carbonyl (C=O) groups excluding carboxylic acids is 1. The number of nitrogens with zero attached hydrogens (tertiary/aromatic N) is 1. The van der Waals surface area contributed by atoms with E-state index in [0.717, 1.165) is 23.7 Å². The number of benzene rings is 1. The first-order valence-corrected chi connectivity index (χ1v) is 10.3. The van der Waals surface area contributed by atoms with E-state index < -0.39 is 0 Å². The lowest BCUT2D eigenvalue weighted by Gasteiger charge is -2.20. The van der Waals surface area contributed by atoms with E-state index in [9.17, 15) is 9.59 Å². The van der Waals surface area contributed by atoms with Gasteiger partial charge in [-0.15, -0.1) is 11.3 Å². The smallest absolute Gasteiger partial charge is 0.261 e. The first kappa shape index (κ1) is 20.0. The van der Waals surface area contributed by atoms with Crippen molar-refractivity contribution < 1.29 is 4.79 Å². The number of aromatic nitrogens is 1. The summed E-state index contributed by atoms with van der Waals surface area (Å²) in [6, 6.07) is 17.4. The Bertz CT molecular complexity index is 951. The maximum atomic E-state index is 12.5. The van der Waals surface area contributed by atoms with E-state index in [1.807, 2.05) is 48.7 Å². The second kappa shape index (κ2) is 9.48. The highest BCUT2D eigenvalue weighted by molar-refractivity contribution is 7.10. The minimum Gasteiger partial charge on any atom is -0.345 e. The van der Waals surface area contributed by atoms with E-state index >= 15 is 0 Å². The van der Waals surface area contributed by atoms with Crippen molar-refractivity contribution in [2.24, 2.45) is 0 Å². The van der Waals surface area contributed by atoms with E-state index in [2.05, 4.69) is 34.3 Å². The van der Waals surface area contributed by atoms with Gasteiger partial charge in [0.2, 0.25) is 0 Å². The molecule has 0 saturated heterocycles. The molecular weight excluding hydrogens is 370 g/mol. The summed E-state index contributed by atoms with van der Waals surface area (Å²) in [5.74, 6) is -0.356.